The molecule has 0 atom stereocenters. The average molecular weight is 269 g/mol. The third kappa shape index (κ3) is 3.56. The summed E-state index contributed by atoms with van der Waals surface area (Å²) in [5.41, 5.74) is 0.978. The van der Waals surface area contributed by atoms with Crippen molar-refractivity contribution >= 4 is 34.3 Å². The fraction of sp³-hybridized carbons (Fsp3) is 0.333. The predicted octanol–water partition coefficient (Wildman–Crippen LogP) is 2.98. The summed E-state index contributed by atoms with van der Waals surface area (Å²) in [6.07, 6.45) is 1.60. The van der Waals surface area contributed by atoms with Crippen LogP contribution in [0.4, 0.5) is 0 Å². The highest BCUT2D eigenvalue weighted by Crippen LogP contribution is 2.23. The molecule has 2 aromatic rings. The standard InChI is InChI=1S/C12H13ClN2OS/c13-5-6-16-7-8-17-12-10-3-1-2-4-11(10)14-9-15-12/h1-4,9H,5-8H2. The van der Waals surface area contributed by atoms with E-state index in [1.165, 1.54) is 0 Å². The number of hydrogen-bond donors (Lipinski definition) is 0. The summed E-state index contributed by atoms with van der Waals surface area (Å²) in [6.45, 7) is 1.29. The quantitative estimate of drug-likeness (QED) is 0.349. The van der Waals surface area contributed by atoms with Crippen LogP contribution in [-0.2, 0) is 4.74 Å². The first kappa shape index (κ1) is 12.6. The Balaban J connectivity index is 1.98. The van der Waals surface area contributed by atoms with Crippen molar-refractivity contribution in [1.29, 1.82) is 0 Å². The number of nitrogens with zero attached hydrogens (tertiary/aromatic N) is 2. The Bertz CT molecular complexity index is 476. The van der Waals surface area contributed by atoms with E-state index in [0.717, 1.165) is 21.7 Å². The highest BCUT2D eigenvalue weighted by molar-refractivity contribution is 7.99. The van der Waals surface area contributed by atoms with Gasteiger partial charge in [0.1, 0.15) is 11.4 Å². The van der Waals surface area contributed by atoms with Gasteiger partial charge in [0.15, 0.2) is 0 Å². The molecule has 0 unspecified atom stereocenters. The summed E-state index contributed by atoms with van der Waals surface area (Å²) in [4.78, 5) is 8.52. The van der Waals surface area contributed by atoms with Crippen molar-refractivity contribution in [3.8, 4) is 0 Å². The predicted molar refractivity (Wildman–Crippen MR) is 71.8 cm³/mol. The first-order valence-electron chi connectivity index (χ1n) is 5.38. The maximum atomic E-state index is 5.52. The summed E-state index contributed by atoms with van der Waals surface area (Å²) in [5.74, 6) is 1.42. The third-order valence-electron chi connectivity index (χ3n) is 2.19. The number of benzene rings is 1. The molecular formula is C12H13ClN2OS. The van der Waals surface area contributed by atoms with Gasteiger partial charge in [-0.2, -0.15) is 0 Å². The molecule has 0 saturated carbocycles. The Labute approximate surface area is 110 Å². The molecule has 0 spiro atoms. The highest BCUT2D eigenvalue weighted by atomic mass is 35.5. The number of rotatable bonds is 6. The fourth-order valence-electron chi connectivity index (χ4n) is 1.45. The lowest BCUT2D eigenvalue weighted by Gasteiger charge is -2.04. The Morgan fingerprint density at radius 2 is 2.06 bits per heavy atom. The SMILES string of the molecule is ClCCOCCSc1ncnc2ccccc12. The summed E-state index contributed by atoms with van der Waals surface area (Å²) in [7, 11) is 0. The zero-order valence-electron chi connectivity index (χ0n) is 9.30. The Morgan fingerprint density at radius 1 is 1.18 bits per heavy atom. The molecular weight excluding hydrogens is 256 g/mol. The van der Waals surface area contributed by atoms with Gasteiger partial charge in [0.2, 0.25) is 0 Å². The van der Waals surface area contributed by atoms with Gasteiger partial charge in [0.25, 0.3) is 0 Å². The van der Waals surface area contributed by atoms with Crippen molar-refractivity contribution in [2.24, 2.45) is 0 Å². The topological polar surface area (TPSA) is 35.0 Å². The van der Waals surface area contributed by atoms with Crippen LogP contribution in [0.5, 0.6) is 0 Å². The van der Waals surface area contributed by atoms with Crippen LogP contribution in [0.1, 0.15) is 0 Å². The fourth-order valence-corrected chi connectivity index (χ4v) is 2.40. The number of alkyl halides is 1. The molecule has 0 amide bonds. The van der Waals surface area contributed by atoms with Gasteiger partial charge in [0.05, 0.1) is 18.7 Å². The lowest BCUT2D eigenvalue weighted by atomic mass is 10.2. The van der Waals surface area contributed by atoms with Gasteiger partial charge in [-0.25, -0.2) is 9.97 Å². The summed E-state index contributed by atoms with van der Waals surface area (Å²) < 4.78 is 5.32. The van der Waals surface area contributed by atoms with E-state index in [1.807, 2.05) is 24.3 Å². The van der Waals surface area contributed by atoms with E-state index >= 15 is 0 Å². The van der Waals surface area contributed by atoms with Gasteiger partial charge < -0.3 is 4.74 Å². The monoisotopic (exact) mass is 268 g/mol. The lowest BCUT2D eigenvalue weighted by Crippen LogP contribution is -2.00. The maximum absolute atomic E-state index is 5.52. The number of halogens is 1. The second-order valence-electron chi connectivity index (χ2n) is 3.35. The molecule has 3 nitrogen and oxygen atoms in total. The van der Waals surface area contributed by atoms with Gasteiger partial charge in [-0.1, -0.05) is 18.2 Å². The second-order valence-corrected chi connectivity index (χ2v) is 4.81. The summed E-state index contributed by atoms with van der Waals surface area (Å²) in [5, 5.41) is 2.10. The molecule has 1 aromatic heterocycles. The van der Waals surface area contributed by atoms with Gasteiger partial charge >= 0.3 is 0 Å². The van der Waals surface area contributed by atoms with Crippen LogP contribution in [0.15, 0.2) is 35.6 Å². The van der Waals surface area contributed by atoms with Crippen LogP contribution in [0, 0.1) is 0 Å². The minimum Gasteiger partial charge on any atom is -0.379 e. The Morgan fingerprint density at radius 3 is 2.94 bits per heavy atom. The van der Waals surface area contributed by atoms with Gasteiger partial charge in [-0.15, -0.1) is 23.4 Å². The summed E-state index contributed by atoms with van der Waals surface area (Å²) >= 11 is 7.20. The van der Waals surface area contributed by atoms with Crippen LogP contribution in [0.25, 0.3) is 10.9 Å². The number of hydrogen-bond acceptors (Lipinski definition) is 4. The number of thioether (sulfide) groups is 1. The molecule has 0 radical (unpaired) electrons. The minimum absolute atomic E-state index is 0.543. The number of fused-ring (bicyclic) bond motifs is 1. The molecule has 0 N–H and O–H groups in total. The molecule has 0 aliphatic rings. The normalized spacial score (nSPS) is 10.9. The van der Waals surface area contributed by atoms with Gasteiger partial charge in [-0.3, -0.25) is 0 Å². The van der Waals surface area contributed by atoms with Crippen LogP contribution in [0.2, 0.25) is 0 Å². The summed E-state index contributed by atoms with van der Waals surface area (Å²) in [6, 6.07) is 8.01. The average Bonchev–Trinajstić information content (AvgIpc) is 2.39. The van der Waals surface area contributed by atoms with Crippen LogP contribution < -0.4 is 0 Å². The van der Waals surface area contributed by atoms with E-state index in [4.69, 9.17) is 16.3 Å². The zero-order chi connectivity index (χ0) is 11.9. The Hall–Kier alpha value is -0.840. The highest BCUT2D eigenvalue weighted by Gasteiger charge is 2.02. The molecule has 5 heteroatoms. The molecule has 1 heterocycles. The number of ether oxygens (including phenoxy) is 1. The third-order valence-corrected chi connectivity index (χ3v) is 3.32. The van der Waals surface area contributed by atoms with Gasteiger partial charge in [-0.05, 0) is 6.07 Å². The first-order chi connectivity index (χ1) is 8.42. The number of para-hydroxylation sites is 1. The molecule has 2 rings (SSSR count). The van der Waals surface area contributed by atoms with E-state index in [1.54, 1.807) is 18.1 Å². The van der Waals surface area contributed by atoms with Crippen molar-refractivity contribution in [1.82, 2.24) is 9.97 Å². The van der Waals surface area contributed by atoms with Gasteiger partial charge in [0, 0.05) is 17.0 Å². The van der Waals surface area contributed by atoms with Crippen molar-refractivity contribution in [2.45, 2.75) is 5.03 Å². The molecule has 0 aliphatic heterocycles. The zero-order valence-corrected chi connectivity index (χ0v) is 10.9. The molecule has 1 aromatic carbocycles. The minimum atomic E-state index is 0.543. The number of aromatic nitrogens is 2. The molecule has 90 valence electrons. The largest absolute Gasteiger partial charge is 0.379 e. The molecule has 0 saturated heterocycles. The maximum Gasteiger partial charge on any atom is 0.117 e. The molecule has 17 heavy (non-hydrogen) atoms. The first-order valence-corrected chi connectivity index (χ1v) is 6.90. The van der Waals surface area contributed by atoms with E-state index < -0.39 is 0 Å². The smallest absolute Gasteiger partial charge is 0.117 e. The van der Waals surface area contributed by atoms with E-state index in [2.05, 4.69) is 9.97 Å². The van der Waals surface area contributed by atoms with Crippen LogP contribution >= 0.6 is 23.4 Å². The van der Waals surface area contributed by atoms with E-state index in [-0.39, 0.29) is 0 Å². The van der Waals surface area contributed by atoms with Crippen LogP contribution in [-0.4, -0.2) is 34.8 Å². The lowest BCUT2D eigenvalue weighted by molar-refractivity contribution is 0.166. The second kappa shape index (κ2) is 6.79. The molecule has 0 bridgehead atoms. The van der Waals surface area contributed by atoms with Crippen LogP contribution in [0.3, 0.4) is 0 Å². The van der Waals surface area contributed by atoms with Crippen molar-refractivity contribution in [3.63, 3.8) is 0 Å². The van der Waals surface area contributed by atoms with Crippen molar-refractivity contribution in [2.75, 3.05) is 24.8 Å². The Kier molecular flexibility index (Phi) is 5.04. The van der Waals surface area contributed by atoms with Crippen molar-refractivity contribution < 1.29 is 4.74 Å². The van der Waals surface area contributed by atoms with E-state index in [0.29, 0.717) is 19.1 Å². The van der Waals surface area contributed by atoms with Crippen molar-refractivity contribution in [3.05, 3.63) is 30.6 Å². The molecule has 0 aliphatic carbocycles. The molecule has 0 fully saturated rings. The van der Waals surface area contributed by atoms with E-state index in [9.17, 15) is 0 Å².